The van der Waals surface area contributed by atoms with Gasteiger partial charge in [-0.2, -0.15) is 0 Å². The molecule has 3 nitrogen and oxygen atoms in total. The molecule has 1 aliphatic heterocycles. The first-order valence-corrected chi connectivity index (χ1v) is 9.15. The van der Waals surface area contributed by atoms with E-state index in [-0.39, 0.29) is 6.04 Å². The highest BCUT2D eigenvalue weighted by Gasteiger charge is 2.23. The van der Waals surface area contributed by atoms with Gasteiger partial charge in [-0.1, -0.05) is 24.3 Å². The van der Waals surface area contributed by atoms with E-state index >= 15 is 0 Å². The fourth-order valence-electron chi connectivity index (χ4n) is 3.04. The third-order valence-corrected chi connectivity index (χ3v) is 5.09. The number of rotatable bonds is 5. The van der Waals surface area contributed by atoms with Crippen molar-refractivity contribution in [3.63, 3.8) is 0 Å². The van der Waals surface area contributed by atoms with E-state index < -0.39 is 0 Å². The van der Waals surface area contributed by atoms with E-state index in [1.165, 1.54) is 16.0 Å². The predicted octanol–water partition coefficient (Wildman–Crippen LogP) is 4.59. The molecule has 0 saturated heterocycles. The molecule has 0 saturated carbocycles. The molecule has 23 heavy (non-hydrogen) atoms. The van der Waals surface area contributed by atoms with Crippen molar-refractivity contribution in [1.82, 2.24) is 5.32 Å². The third-order valence-electron chi connectivity index (χ3n) is 4.32. The number of hydrogen-bond donors (Lipinski definition) is 1. The van der Waals surface area contributed by atoms with Gasteiger partial charge in [0.1, 0.15) is 11.5 Å². The highest BCUT2D eigenvalue weighted by atomic mass is 32.2. The van der Waals surface area contributed by atoms with Crippen LogP contribution in [0.5, 0.6) is 11.5 Å². The lowest BCUT2D eigenvalue weighted by Gasteiger charge is -2.29. The second-order valence-corrected chi connectivity index (χ2v) is 6.58. The van der Waals surface area contributed by atoms with Crippen molar-refractivity contribution in [2.24, 2.45) is 0 Å². The number of para-hydroxylation sites is 1. The summed E-state index contributed by atoms with van der Waals surface area (Å²) >= 11 is 1.70. The predicted molar refractivity (Wildman–Crippen MR) is 95.6 cm³/mol. The first-order valence-electron chi connectivity index (χ1n) is 7.92. The molecular weight excluding hydrogens is 306 g/mol. The fourth-order valence-corrected chi connectivity index (χ4v) is 3.58. The first-order chi connectivity index (χ1) is 11.2. The SMILES string of the molecule is COc1cc([C@@H](C)N[C@H]2CCOc3ccccc32)ccc1SC. The molecule has 122 valence electrons. The van der Waals surface area contributed by atoms with Gasteiger partial charge in [0.15, 0.2) is 0 Å². The van der Waals surface area contributed by atoms with Crippen molar-refractivity contribution < 1.29 is 9.47 Å². The quantitative estimate of drug-likeness (QED) is 0.813. The number of thioether (sulfide) groups is 1. The minimum atomic E-state index is 0.246. The van der Waals surface area contributed by atoms with Crippen LogP contribution in [0.4, 0.5) is 0 Å². The highest BCUT2D eigenvalue weighted by molar-refractivity contribution is 7.98. The maximum absolute atomic E-state index is 5.75. The van der Waals surface area contributed by atoms with E-state index in [4.69, 9.17) is 9.47 Å². The molecule has 4 heteroatoms. The summed E-state index contributed by atoms with van der Waals surface area (Å²) in [6, 6.07) is 15.3. The van der Waals surface area contributed by atoms with Crippen LogP contribution < -0.4 is 14.8 Å². The fraction of sp³-hybridized carbons (Fsp3) is 0.368. The lowest BCUT2D eigenvalue weighted by atomic mass is 9.98. The number of methoxy groups -OCH3 is 1. The monoisotopic (exact) mass is 329 g/mol. The summed E-state index contributed by atoms with van der Waals surface area (Å²) in [6.07, 6.45) is 3.06. The Morgan fingerprint density at radius 3 is 2.87 bits per heavy atom. The van der Waals surface area contributed by atoms with Crippen LogP contribution in [0.15, 0.2) is 47.4 Å². The smallest absolute Gasteiger partial charge is 0.132 e. The standard InChI is InChI=1S/C19H23NO2S/c1-13(14-8-9-19(23-3)18(12-14)21-2)20-16-10-11-22-17-7-5-4-6-15(16)17/h4-9,12-13,16,20H,10-11H2,1-3H3/t13-,16+/m1/s1. The van der Waals surface area contributed by atoms with Crippen molar-refractivity contribution in [2.45, 2.75) is 30.3 Å². The molecule has 0 fully saturated rings. The van der Waals surface area contributed by atoms with E-state index in [9.17, 15) is 0 Å². The molecule has 0 unspecified atom stereocenters. The molecule has 1 heterocycles. The maximum atomic E-state index is 5.75. The zero-order chi connectivity index (χ0) is 16.2. The maximum Gasteiger partial charge on any atom is 0.132 e. The van der Waals surface area contributed by atoms with Crippen LogP contribution in [-0.4, -0.2) is 20.0 Å². The second kappa shape index (κ2) is 7.28. The van der Waals surface area contributed by atoms with Crippen LogP contribution >= 0.6 is 11.8 Å². The van der Waals surface area contributed by atoms with E-state index in [1.54, 1.807) is 18.9 Å². The molecule has 0 amide bonds. The molecule has 1 N–H and O–H groups in total. The molecule has 2 aromatic rings. The molecule has 1 aliphatic rings. The second-order valence-electron chi connectivity index (χ2n) is 5.73. The zero-order valence-corrected chi connectivity index (χ0v) is 14.7. The summed E-state index contributed by atoms with van der Waals surface area (Å²) in [5.41, 5.74) is 2.49. The summed E-state index contributed by atoms with van der Waals surface area (Å²) in [4.78, 5) is 1.17. The van der Waals surface area contributed by atoms with E-state index in [2.05, 4.69) is 48.8 Å². The van der Waals surface area contributed by atoms with Crippen molar-refractivity contribution in [3.8, 4) is 11.5 Å². The minimum absolute atomic E-state index is 0.246. The molecule has 3 rings (SSSR count). The lowest BCUT2D eigenvalue weighted by Crippen LogP contribution is -2.29. The van der Waals surface area contributed by atoms with Crippen molar-refractivity contribution >= 4 is 11.8 Å². The topological polar surface area (TPSA) is 30.5 Å². The van der Waals surface area contributed by atoms with E-state index in [1.807, 2.05) is 12.1 Å². The van der Waals surface area contributed by atoms with Gasteiger partial charge in [0, 0.05) is 29.0 Å². The van der Waals surface area contributed by atoms with Gasteiger partial charge in [0.05, 0.1) is 13.7 Å². The highest BCUT2D eigenvalue weighted by Crippen LogP contribution is 2.35. The lowest BCUT2D eigenvalue weighted by molar-refractivity contribution is 0.246. The number of ether oxygens (including phenoxy) is 2. The normalized spacial score (nSPS) is 18.0. The van der Waals surface area contributed by atoms with Crippen molar-refractivity contribution in [1.29, 1.82) is 0 Å². The summed E-state index contributed by atoms with van der Waals surface area (Å²) in [7, 11) is 1.73. The minimum Gasteiger partial charge on any atom is -0.496 e. The van der Waals surface area contributed by atoms with Gasteiger partial charge < -0.3 is 14.8 Å². The zero-order valence-electron chi connectivity index (χ0n) is 13.8. The molecule has 0 aromatic heterocycles. The van der Waals surface area contributed by atoms with Crippen LogP contribution in [-0.2, 0) is 0 Å². The Hall–Kier alpha value is -1.65. The van der Waals surface area contributed by atoms with Crippen LogP contribution in [0.3, 0.4) is 0 Å². The number of hydrogen-bond acceptors (Lipinski definition) is 4. The van der Waals surface area contributed by atoms with Gasteiger partial charge in [-0.3, -0.25) is 0 Å². The number of benzene rings is 2. The third kappa shape index (κ3) is 3.48. The van der Waals surface area contributed by atoms with Gasteiger partial charge in [0.2, 0.25) is 0 Å². The average molecular weight is 329 g/mol. The van der Waals surface area contributed by atoms with E-state index in [0.717, 1.165) is 24.5 Å². The molecule has 0 aliphatic carbocycles. The van der Waals surface area contributed by atoms with Crippen LogP contribution in [0.1, 0.15) is 36.6 Å². The largest absolute Gasteiger partial charge is 0.496 e. The summed E-state index contributed by atoms with van der Waals surface area (Å²) in [6.45, 7) is 2.96. The van der Waals surface area contributed by atoms with Crippen LogP contribution in [0, 0.1) is 0 Å². The van der Waals surface area contributed by atoms with Gasteiger partial charge in [-0.25, -0.2) is 0 Å². The van der Waals surface area contributed by atoms with E-state index in [0.29, 0.717) is 6.04 Å². The summed E-state index contributed by atoms with van der Waals surface area (Å²) in [5.74, 6) is 1.94. The van der Waals surface area contributed by atoms with Crippen LogP contribution in [0.2, 0.25) is 0 Å². The van der Waals surface area contributed by atoms with Crippen LogP contribution in [0.25, 0.3) is 0 Å². The molecule has 2 aromatic carbocycles. The Morgan fingerprint density at radius 1 is 1.26 bits per heavy atom. The van der Waals surface area contributed by atoms with Crippen molar-refractivity contribution in [3.05, 3.63) is 53.6 Å². The summed E-state index contributed by atoms with van der Waals surface area (Å²) in [5, 5.41) is 3.74. The average Bonchev–Trinajstić information content (AvgIpc) is 2.61. The Morgan fingerprint density at radius 2 is 2.09 bits per heavy atom. The Bertz CT molecular complexity index is 674. The number of fused-ring (bicyclic) bond motifs is 1. The van der Waals surface area contributed by atoms with Gasteiger partial charge in [-0.15, -0.1) is 11.8 Å². The molecule has 0 radical (unpaired) electrons. The molecule has 0 bridgehead atoms. The number of nitrogens with one attached hydrogen (secondary N) is 1. The molecule has 0 spiro atoms. The molecule has 2 atom stereocenters. The van der Waals surface area contributed by atoms with Gasteiger partial charge in [-0.05, 0) is 36.9 Å². The Labute approximate surface area is 142 Å². The first kappa shape index (κ1) is 16.2. The Kier molecular flexibility index (Phi) is 5.13. The van der Waals surface area contributed by atoms with Gasteiger partial charge in [0.25, 0.3) is 0 Å². The Balaban J connectivity index is 1.79. The van der Waals surface area contributed by atoms with Gasteiger partial charge >= 0.3 is 0 Å². The molecular formula is C19H23NO2S. The van der Waals surface area contributed by atoms with Crippen molar-refractivity contribution in [2.75, 3.05) is 20.0 Å². The summed E-state index contributed by atoms with van der Waals surface area (Å²) < 4.78 is 11.2.